The number of nitriles is 1. The average molecular weight is 554 g/mol. The first-order chi connectivity index (χ1) is 19.3. The Balaban J connectivity index is 0.000000355. The summed E-state index contributed by atoms with van der Waals surface area (Å²) in [6.45, 7) is 16.2. The summed E-state index contributed by atoms with van der Waals surface area (Å²) in [5.74, 6) is 1.02. The highest BCUT2D eigenvalue weighted by molar-refractivity contribution is 5.09. The molecule has 0 radical (unpaired) electrons. The van der Waals surface area contributed by atoms with Gasteiger partial charge >= 0.3 is 0 Å². The molecule has 1 spiro atoms. The summed E-state index contributed by atoms with van der Waals surface area (Å²) in [5.41, 5.74) is 8.48. The van der Waals surface area contributed by atoms with Crippen molar-refractivity contribution in [3.05, 3.63) is 12.3 Å². The smallest absolute Gasteiger partial charge is 0.116 e. The molecule has 2 heterocycles. The molecule has 6 fully saturated rings. The maximum atomic E-state index is 9.34. The molecule has 2 aliphatic heterocycles. The van der Waals surface area contributed by atoms with E-state index in [4.69, 9.17) is 5.73 Å². The van der Waals surface area contributed by atoms with E-state index in [1.54, 1.807) is 12.8 Å². The summed E-state index contributed by atoms with van der Waals surface area (Å²) < 4.78 is 0. The van der Waals surface area contributed by atoms with E-state index in [-0.39, 0.29) is 11.6 Å². The van der Waals surface area contributed by atoms with Gasteiger partial charge in [-0.25, -0.2) is 0 Å². The lowest BCUT2D eigenvalue weighted by Gasteiger charge is -2.45. The molecule has 3 atom stereocenters. The number of hydrogen-bond acceptors (Lipinski definition) is 5. The van der Waals surface area contributed by atoms with Gasteiger partial charge in [-0.2, -0.15) is 5.26 Å². The number of piperidine rings is 1. The molecule has 0 bridgehead atoms. The Kier molecular flexibility index (Phi) is 11.5. The Morgan fingerprint density at radius 1 is 0.900 bits per heavy atom. The second-order valence-electron chi connectivity index (χ2n) is 14.7. The quantitative estimate of drug-likeness (QED) is 0.359. The number of hydrogen-bond donors (Lipinski definition) is 2. The van der Waals surface area contributed by atoms with Gasteiger partial charge in [-0.1, -0.05) is 59.0 Å². The zero-order chi connectivity index (χ0) is 28.6. The van der Waals surface area contributed by atoms with Crippen molar-refractivity contribution in [3.63, 3.8) is 0 Å². The van der Waals surface area contributed by atoms with Crippen molar-refractivity contribution < 1.29 is 0 Å². The molecule has 228 valence electrons. The van der Waals surface area contributed by atoms with E-state index in [0.29, 0.717) is 11.5 Å². The fourth-order valence-electron chi connectivity index (χ4n) is 9.61. The third-order valence-corrected chi connectivity index (χ3v) is 11.7. The maximum absolute atomic E-state index is 9.34. The van der Waals surface area contributed by atoms with Gasteiger partial charge in [0.1, 0.15) is 6.04 Å². The monoisotopic (exact) mass is 554 g/mol. The number of nitrogens with zero attached hydrogens (tertiary/aromatic N) is 3. The molecule has 4 aliphatic carbocycles. The predicted molar refractivity (Wildman–Crippen MR) is 169 cm³/mol. The van der Waals surface area contributed by atoms with Crippen LogP contribution in [0.5, 0.6) is 0 Å². The minimum Gasteiger partial charge on any atom is -0.358 e. The van der Waals surface area contributed by atoms with Crippen molar-refractivity contribution in [2.45, 2.75) is 154 Å². The van der Waals surface area contributed by atoms with Gasteiger partial charge in [0.15, 0.2) is 0 Å². The number of fused-ring (bicyclic) bond motifs is 1. The van der Waals surface area contributed by atoms with E-state index in [9.17, 15) is 5.26 Å². The minimum absolute atomic E-state index is 0.0495. The molecule has 0 amide bonds. The zero-order valence-electron chi connectivity index (χ0n) is 26.6. The van der Waals surface area contributed by atoms with Crippen LogP contribution in [-0.2, 0) is 0 Å². The van der Waals surface area contributed by atoms with Crippen LogP contribution < -0.4 is 11.1 Å². The van der Waals surface area contributed by atoms with Crippen molar-refractivity contribution in [2.24, 2.45) is 22.5 Å². The Labute approximate surface area is 247 Å². The van der Waals surface area contributed by atoms with Crippen molar-refractivity contribution in [3.8, 4) is 6.07 Å². The first kappa shape index (κ1) is 31.8. The standard InChI is InChI=1S/C27H44N4.C6H13N.C2H6/c1-22(31-14-6-8-25(31)18-28)19-29-24-9-15-30(16-10-24)21-27-13-3-2-7-23(27)17-26(20-27)11-4-5-12-26;1-6(7)4-2-3-5-6;1-2/h23-25,29H,1-17,19-21H2;2-5,7H2,1H3;1-2H3. The molecular formula is C35H63N5. The van der Waals surface area contributed by atoms with Crippen molar-refractivity contribution in [1.29, 1.82) is 5.26 Å². The molecule has 3 unspecified atom stereocenters. The molecule has 0 aromatic heterocycles. The molecule has 40 heavy (non-hydrogen) atoms. The topological polar surface area (TPSA) is 68.3 Å². The normalized spacial score (nSPS) is 33.0. The molecule has 2 saturated heterocycles. The lowest BCUT2D eigenvalue weighted by molar-refractivity contribution is 0.0500. The van der Waals surface area contributed by atoms with E-state index in [0.717, 1.165) is 43.0 Å². The van der Waals surface area contributed by atoms with Crippen LogP contribution in [0.2, 0.25) is 0 Å². The summed E-state index contributed by atoms with van der Waals surface area (Å²) in [6, 6.07) is 3.10. The van der Waals surface area contributed by atoms with Crippen molar-refractivity contribution in [2.75, 3.05) is 32.7 Å². The fraction of sp³-hybridized carbons (Fsp3) is 0.914. The van der Waals surface area contributed by atoms with Crippen LogP contribution in [0.4, 0.5) is 0 Å². The van der Waals surface area contributed by atoms with Gasteiger partial charge in [-0.15, -0.1) is 0 Å². The Morgan fingerprint density at radius 2 is 1.55 bits per heavy atom. The van der Waals surface area contributed by atoms with Gasteiger partial charge in [-0.3, -0.25) is 0 Å². The van der Waals surface area contributed by atoms with Crippen LogP contribution >= 0.6 is 0 Å². The summed E-state index contributed by atoms with van der Waals surface area (Å²) in [6.07, 6.45) is 25.0. The minimum atomic E-state index is 0.0495. The van der Waals surface area contributed by atoms with Gasteiger partial charge in [0.25, 0.3) is 0 Å². The van der Waals surface area contributed by atoms with E-state index < -0.39 is 0 Å². The molecule has 6 rings (SSSR count). The summed E-state index contributed by atoms with van der Waals surface area (Å²) in [4.78, 5) is 5.06. The maximum Gasteiger partial charge on any atom is 0.116 e. The Bertz CT molecular complexity index is 823. The van der Waals surface area contributed by atoms with Gasteiger partial charge in [0.2, 0.25) is 0 Å². The van der Waals surface area contributed by atoms with Crippen LogP contribution in [0.1, 0.15) is 136 Å². The summed E-state index contributed by atoms with van der Waals surface area (Å²) >= 11 is 0. The van der Waals surface area contributed by atoms with E-state index in [1.165, 1.54) is 110 Å². The molecule has 0 aromatic carbocycles. The molecule has 3 N–H and O–H groups in total. The van der Waals surface area contributed by atoms with Crippen LogP contribution in [0.3, 0.4) is 0 Å². The second kappa shape index (κ2) is 14.4. The molecule has 0 aromatic rings. The van der Waals surface area contributed by atoms with Gasteiger partial charge in [-0.05, 0) is 114 Å². The second-order valence-corrected chi connectivity index (χ2v) is 14.7. The number of nitrogens with two attached hydrogens (primary N) is 1. The number of likely N-dealkylation sites (tertiary alicyclic amines) is 2. The van der Waals surface area contributed by atoms with Crippen LogP contribution in [0.25, 0.3) is 0 Å². The van der Waals surface area contributed by atoms with Crippen molar-refractivity contribution >= 4 is 0 Å². The number of nitrogens with one attached hydrogen (secondary N) is 1. The van der Waals surface area contributed by atoms with E-state index in [1.807, 2.05) is 13.8 Å². The largest absolute Gasteiger partial charge is 0.358 e. The van der Waals surface area contributed by atoms with E-state index >= 15 is 0 Å². The lowest BCUT2D eigenvalue weighted by Crippen LogP contribution is -2.48. The Hall–Kier alpha value is -1.09. The highest BCUT2D eigenvalue weighted by Gasteiger charge is 2.55. The van der Waals surface area contributed by atoms with Gasteiger partial charge in [0.05, 0.1) is 6.07 Å². The fourth-order valence-corrected chi connectivity index (χ4v) is 9.61. The average Bonchev–Trinajstić information content (AvgIpc) is 3.76. The highest BCUT2D eigenvalue weighted by Crippen LogP contribution is 2.64. The molecule has 4 saturated carbocycles. The van der Waals surface area contributed by atoms with Gasteiger partial charge in [0, 0.05) is 36.9 Å². The van der Waals surface area contributed by atoms with Crippen LogP contribution in [0, 0.1) is 28.1 Å². The van der Waals surface area contributed by atoms with Crippen molar-refractivity contribution in [1.82, 2.24) is 15.1 Å². The summed E-state index contributed by atoms with van der Waals surface area (Å²) in [7, 11) is 0. The molecule has 5 nitrogen and oxygen atoms in total. The molecular weight excluding hydrogens is 490 g/mol. The third kappa shape index (κ3) is 7.84. The predicted octanol–water partition coefficient (Wildman–Crippen LogP) is 7.38. The SMILES string of the molecule is C=C(CNC1CCN(CC23CCCCC2CC2(CCCC2)C3)CC1)N1CCCC1C#N.CC.CC1(N)CCCC1. The summed E-state index contributed by atoms with van der Waals surface area (Å²) in [5, 5.41) is 13.1. The first-order valence-corrected chi connectivity index (χ1v) is 17.4. The molecule has 6 aliphatic rings. The van der Waals surface area contributed by atoms with E-state index in [2.05, 4.69) is 34.7 Å². The first-order valence-electron chi connectivity index (χ1n) is 17.4. The highest BCUT2D eigenvalue weighted by atomic mass is 15.2. The van der Waals surface area contributed by atoms with Crippen LogP contribution in [-0.4, -0.2) is 60.1 Å². The zero-order valence-corrected chi connectivity index (χ0v) is 26.6. The van der Waals surface area contributed by atoms with Gasteiger partial charge < -0.3 is 20.9 Å². The molecule has 5 heteroatoms. The Morgan fingerprint density at radius 3 is 2.17 bits per heavy atom. The lowest BCUT2D eigenvalue weighted by atomic mass is 9.67. The number of rotatable bonds is 6. The van der Waals surface area contributed by atoms with Crippen LogP contribution in [0.15, 0.2) is 12.3 Å². The third-order valence-electron chi connectivity index (χ3n) is 11.7.